The Morgan fingerprint density at radius 1 is 1.47 bits per heavy atom. The minimum Gasteiger partial charge on any atom is -0.207 e. The van der Waals surface area contributed by atoms with E-state index in [1.165, 1.54) is 6.07 Å². The summed E-state index contributed by atoms with van der Waals surface area (Å²) in [5, 5.41) is 0.227. The minimum atomic E-state index is -3.52. The summed E-state index contributed by atoms with van der Waals surface area (Å²) >= 11 is 9.18. The Balaban J connectivity index is 2.26. The van der Waals surface area contributed by atoms with Gasteiger partial charge in [0.15, 0.2) is 0 Å². The molecule has 1 fully saturated rings. The van der Waals surface area contributed by atoms with Gasteiger partial charge in [-0.05, 0) is 30.0 Å². The van der Waals surface area contributed by atoms with Crippen LogP contribution in [0.3, 0.4) is 0 Å². The molecule has 1 aromatic carbocycles. The molecule has 0 saturated heterocycles. The van der Waals surface area contributed by atoms with E-state index in [-0.39, 0.29) is 21.4 Å². The first kappa shape index (κ1) is 13.3. The molecule has 0 aromatic heterocycles. The Bertz CT molecular complexity index is 557. The minimum absolute atomic E-state index is 0.00668. The summed E-state index contributed by atoms with van der Waals surface area (Å²) in [5.74, 6) is 0. The van der Waals surface area contributed by atoms with Crippen molar-refractivity contribution in [3.63, 3.8) is 0 Å². The molecule has 3 nitrogen and oxygen atoms in total. The van der Waals surface area contributed by atoms with Crippen LogP contribution in [0, 0.1) is 5.41 Å². The van der Waals surface area contributed by atoms with Crippen LogP contribution in [-0.2, 0) is 10.0 Å². The molecule has 0 aliphatic heterocycles. The monoisotopic (exact) mass is 337 g/mol. The van der Waals surface area contributed by atoms with E-state index in [2.05, 4.69) is 20.7 Å². The van der Waals surface area contributed by atoms with Crippen molar-refractivity contribution >= 4 is 37.6 Å². The van der Waals surface area contributed by atoms with E-state index in [1.807, 2.05) is 13.8 Å². The average Bonchev–Trinajstić information content (AvgIpc) is 2.70. The number of benzene rings is 1. The molecule has 0 radical (unpaired) electrons. The molecule has 1 aliphatic rings. The largest absolute Gasteiger partial charge is 0.242 e. The zero-order valence-electron chi connectivity index (χ0n) is 9.50. The van der Waals surface area contributed by atoms with Crippen molar-refractivity contribution in [2.45, 2.75) is 31.2 Å². The van der Waals surface area contributed by atoms with E-state index < -0.39 is 10.0 Å². The highest BCUT2D eigenvalue weighted by Crippen LogP contribution is 2.45. The molecule has 6 heteroatoms. The quantitative estimate of drug-likeness (QED) is 0.920. The van der Waals surface area contributed by atoms with Crippen LogP contribution in [0.5, 0.6) is 0 Å². The van der Waals surface area contributed by atoms with Crippen LogP contribution in [0.2, 0.25) is 5.02 Å². The molecule has 0 spiro atoms. The lowest BCUT2D eigenvalue weighted by Crippen LogP contribution is -2.28. The van der Waals surface area contributed by atoms with E-state index >= 15 is 0 Å². The van der Waals surface area contributed by atoms with Crippen molar-refractivity contribution in [2.24, 2.45) is 5.41 Å². The van der Waals surface area contributed by atoms with Crippen LogP contribution in [-0.4, -0.2) is 14.5 Å². The highest BCUT2D eigenvalue weighted by Gasteiger charge is 2.48. The second-order valence-corrected chi connectivity index (χ2v) is 7.95. The molecule has 17 heavy (non-hydrogen) atoms. The summed E-state index contributed by atoms with van der Waals surface area (Å²) in [6.07, 6.45) is 0.861. The summed E-state index contributed by atoms with van der Waals surface area (Å²) in [6.45, 7) is 4.06. The van der Waals surface area contributed by atoms with Crippen molar-refractivity contribution in [1.82, 2.24) is 4.72 Å². The number of halogens is 2. The fraction of sp³-hybridized carbons (Fsp3) is 0.455. The first-order chi connectivity index (χ1) is 7.72. The Labute approximate surface area is 115 Å². The van der Waals surface area contributed by atoms with Gasteiger partial charge in [0.05, 0.1) is 5.02 Å². The lowest BCUT2D eigenvalue weighted by Gasteiger charge is -2.09. The van der Waals surface area contributed by atoms with Gasteiger partial charge in [0.1, 0.15) is 4.90 Å². The van der Waals surface area contributed by atoms with Crippen LogP contribution in [0.15, 0.2) is 27.6 Å². The van der Waals surface area contributed by atoms with Gasteiger partial charge < -0.3 is 0 Å². The lowest BCUT2D eigenvalue weighted by molar-refractivity contribution is 0.555. The Morgan fingerprint density at radius 2 is 2.06 bits per heavy atom. The third-order valence-corrected chi connectivity index (χ3v) is 5.44. The van der Waals surface area contributed by atoms with Crippen LogP contribution in [0.25, 0.3) is 0 Å². The van der Waals surface area contributed by atoms with Gasteiger partial charge in [-0.25, -0.2) is 13.1 Å². The van der Waals surface area contributed by atoms with Crippen molar-refractivity contribution in [2.75, 3.05) is 0 Å². The first-order valence-corrected chi connectivity index (χ1v) is 7.85. The number of sulfonamides is 1. The molecule has 1 N–H and O–H groups in total. The maximum Gasteiger partial charge on any atom is 0.242 e. The maximum atomic E-state index is 12.1. The number of nitrogens with one attached hydrogen (secondary N) is 1. The molecule has 1 saturated carbocycles. The normalized spacial score (nSPS) is 22.5. The highest BCUT2D eigenvalue weighted by molar-refractivity contribution is 9.10. The third kappa shape index (κ3) is 2.84. The molecular weight excluding hydrogens is 326 g/mol. The number of hydrogen-bond acceptors (Lipinski definition) is 2. The van der Waals surface area contributed by atoms with Gasteiger partial charge in [-0.15, -0.1) is 0 Å². The van der Waals surface area contributed by atoms with Gasteiger partial charge in [0, 0.05) is 10.5 Å². The predicted octanol–water partition coefficient (Wildman–Crippen LogP) is 3.18. The smallest absolute Gasteiger partial charge is 0.207 e. The maximum absolute atomic E-state index is 12.1. The molecule has 0 amide bonds. The zero-order valence-corrected chi connectivity index (χ0v) is 12.7. The molecule has 0 bridgehead atoms. The number of rotatable bonds is 3. The van der Waals surface area contributed by atoms with E-state index in [9.17, 15) is 8.42 Å². The summed E-state index contributed by atoms with van der Waals surface area (Å²) in [7, 11) is -3.52. The number of hydrogen-bond donors (Lipinski definition) is 1. The first-order valence-electron chi connectivity index (χ1n) is 5.20. The van der Waals surface area contributed by atoms with Crippen LogP contribution in [0.1, 0.15) is 20.3 Å². The van der Waals surface area contributed by atoms with Crippen LogP contribution >= 0.6 is 27.5 Å². The second-order valence-electron chi connectivity index (χ2n) is 4.94. The molecule has 2 rings (SSSR count). The average molecular weight is 339 g/mol. The van der Waals surface area contributed by atoms with Gasteiger partial charge in [0.2, 0.25) is 10.0 Å². The second kappa shape index (κ2) is 4.23. The zero-order chi connectivity index (χ0) is 12.8. The summed E-state index contributed by atoms with van der Waals surface area (Å²) in [6, 6.07) is 4.75. The molecule has 1 aromatic rings. The predicted molar refractivity (Wildman–Crippen MR) is 71.7 cm³/mol. The SMILES string of the molecule is CC1(C)CC1NS(=O)(=O)c1ccc(Br)cc1Cl. The molecular formula is C11H13BrClNO2S. The van der Waals surface area contributed by atoms with Gasteiger partial charge in [-0.1, -0.05) is 41.4 Å². The summed E-state index contributed by atoms with van der Waals surface area (Å²) < 4.78 is 27.6. The lowest BCUT2D eigenvalue weighted by atomic mass is 10.2. The highest BCUT2D eigenvalue weighted by atomic mass is 79.9. The molecule has 94 valence electrons. The van der Waals surface area contributed by atoms with E-state index in [0.29, 0.717) is 0 Å². The Kier molecular flexibility index (Phi) is 3.32. The van der Waals surface area contributed by atoms with Crippen molar-refractivity contribution in [3.05, 3.63) is 27.7 Å². The molecule has 1 atom stereocenters. The van der Waals surface area contributed by atoms with Crippen molar-refractivity contribution in [1.29, 1.82) is 0 Å². The summed E-state index contributed by atoms with van der Waals surface area (Å²) in [5.41, 5.74) is 0.0505. The van der Waals surface area contributed by atoms with Gasteiger partial charge in [0.25, 0.3) is 0 Å². The summed E-state index contributed by atoms with van der Waals surface area (Å²) in [4.78, 5) is 0.130. The fourth-order valence-electron chi connectivity index (χ4n) is 1.61. The Hall–Kier alpha value is -0.100. The third-order valence-electron chi connectivity index (χ3n) is 2.99. The van der Waals surface area contributed by atoms with E-state index in [0.717, 1.165) is 10.9 Å². The van der Waals surface area contributed by atoms with E-state index in [1.54, 1.807) is 12.1 Å². The topological polar surface area (TPSA) is 46.2 Å². The van der Waals surface area contributed by atoms with E-state index in [4.69, 9.17) is 11.6 Å². The molecule has 1 unspecified atom stereocenters. The molecule has 0 heterocycles. The fourth-order valence-corrected chi connectivity index (χ4v) is 4.06. The van der Waals surface area contributed by atoms with Gasteiger partial charge in [-0.3, -0.25) is 0 Å². The Morgan fingerprint density at radius 3 is 2.53 bits per heavy atom. The van der Waals surface area contributed by atoms with Crippen molar-refractivity contribution in [3.8, 4) is 0 Å². The standard InChI is InChI=1S/C11H13BrClNO2S/c1-11(2)6-10(11)14-17(15,16)9-4-3-7(12)5-8(9)13/h3-5,10,14H,6H2,1-2H3. The van der Waals surface area contributed by atoms with Gasteiger partial charge >= 0.3 is 0 Å². The molecule has 1 aliphatic carbocycles. The van der Waals surface area contributed by atoms with Crippen LogP contribution < -0.4 is 4.72 Å². The van der Waals surface area contributed by atoms with Crippen LogP contribution in [0.4, 0.5) is 0 Å². The van der Waals surface area contributed by atoms with Crippen molar-refractivity contribution < 1.29 is 8.42 Å². The van der Waals surface area contributed by atoms with Gasteiger partial charge in [-0.2, -0.15) is 0 Å².